The third-order valence-corrected chi connectivity index (χ3v) is 2.61. The zero-order valence-electron chi connectivity index (χ0n) is 12.7. The summed E-state index contributed by atoms with van der Waals surface area (Å²) in [7, 11) is 0. The lowest BCUT2D eigenvalue weighted by molar-refractivity contribution is -0.134. The van der Waals surface area contributed by atoms with Crippen molar-refractivity contribution in [2.24, 2.45) is 0 Å². The van der Waals surface area contributed by atoms with Gasteiger partial charge in [-0.05, 0) is 24.3 Å². The Hall–Kier alpha value is -3.88. The van der Waals surface area contributed by atoms with Crippen LogP contribution in [0.2, 0.25) is 0 Å². The van der Waals surface area contributed by atoms with Crippen molar-refractivity contribution in [3.63, 3.8) is 0 Å². The molecule has 9 nitrogen and oxygen atoms in total. The molecular formula is C16H12N4O5. The number of carbonyl (C=O) groups is 2. The van der Waals surface area contributed by atoms with Gasteiger partial charge in [-0.1, -0.05) is 0 Å². The fraction of sp³-hybridized carbons (Fsp3) is 0. The quantitative estimate of drug-likeness (QED) is 0.681. The number of aliphatic carboxylic acids is 2. The number of nitrogens with zero attached hydrogens (tertiary/aromatic N) is 4. The Morgan fingerprint density at radius 3 is 1.60 bits per heavy atom. The lowest BCUT2D eigenvalue weighted by Gasteiger charge is -1.92. The summed E-state index contributed by atoms with van der Waals surface area (Å²) in [5, 5.41) is 23.6. The Bertz CT molecular complexity index is 793. The normalized spacial score (nSPS) is 10.1. The SMILES string of the molecule is O=C(O)C=CC(=O)O.c1cncc(-c2nnc(-c3cccnc3)o2)c1. The van der Waals surface area contributed by atoms with E-state index in [4.69, 9.17) is 14.6 Å². The van der Waals surface area contributed by atoms with Gasteiger partial charge < -0.3 is 14.6 Å². The maximum absolute atomic E-state index is 9.55. The van der Waals surface area contributed by atoms with E-state index in [1.165, 1.54) is 0 Å². The molecule has 0 saturated heterocycles. The first-order valence-electron chi connectivity index (χ1n) is 6.84. The number of carboxylic acids is 2. The van der Waals surface area contributed by atoms with Crippen LogP contribution < -0.4 is 0 Å². The van der Waals surface area contributed by atoms with Crippen LogP contribution in [0.25, 0.3) is 22.9 Å². The summed E-state index contributed by atoms with van der Waals surface area (Å²) in [5.74, 6) is -1.60. The van der Waals surface area contributed by atoms with Crippen LogP contribution in [0.5, 0.6) is 0 Å². The maximum Gasteiger partial charge on any atom is 0.328 e. The second kappa shape index (κ2) is 8.67. The molecule has 0 amide bonds. The minimum atomic E-state index is -1.26. The van der Waals surface area contributed by atoms with Gasteiger partial charge in [0.1, 0.15) is 0 Å². The zero-order valence-corrected chi connectivity index (χ0v) is 12.7. The Kier molecular flexibility index (Phi) is 6.06. The molecule has 2 N–H and O–H groups in total. The van der Waals surface area contributed by atoms with E-state index in [0.29, 0.717) is 23.9 Å². The Morgan fingerprint density at radius 1 is 0.840 bits per heavy atom. The number of rotatable bonds is 4. The van der Waals surface area contributed by atoms with E-state index in [1.807, 2.05) is 24.3 Å². The molecule has 9 heteroatoms. The highest BCUT2D eigenvalue weighted by atomic mass is 16.4. The molecule has 3 heterocycles. The van der Waals surface area contributed by atoms with Crippen LogP contribution in [0, 0.1) is 0 Å². The minimum Gasteiger partial charge on any atom is -0.478 e. The minimum absolute atomic E-state index is 0.456. The fourth-order valence-corrected chi connectivity index (χ4v) is 1.58. The van der Waals surface area contributed by atoms with Crippen LogP contribution in [-0.4, -0.2) is 42.3 Å². The molecule has 0 spiro atoms. The Morgan fingerprint density at radius 2 is 1.28 bits per heavy atom. The summed E-state index contributed by atoms with van der Waals surface area (Å²) in [4.78, 5) is 27.1. The Balaban J connectivity index is 0.000000242. The number of hydrogen-bond donors (Lipinski definition) is 2. The summed E-state index contributed by atoms with van der Waals surface area (Å²) in [6.45, 7) is 0. The molecule has 0 bridgehead atoms. The van der Waals surface area contributed by atoms with Gasteiger partial charge in [0.2, 0.25) is 11.8 Å². The van der Waals surface area contributed by atoms with Crippen molar-refractivity contribution < 1.29 is 24.2 Å². The summed E-state index contributed by atoms with van der Waals surface area (Å²) in [6.07, 6.45) is 7.87. The molecule has 25 heavy (non-hydrogen) atoms. The van der Waals surface area contributed by atoms with Crippen LogP contribution >= 0.6 is 0 Å². The number of pyridine rings is 2. The second-order valence-corrected chi connectivity index (χ2v) is 4.41. The van der Waals surface area contributed by atoms with Gasteiger partial charge in [-0.15, -0.1) is 10.2 Å². The summed E-state index contributed by atoms with van der Waals surface area (Å²) < 4.78 is 5.55. The summed E-state index contributed by atoms with van der Waals surface area (Å²) >= 11 is 0. The molecule has 126 valence electrons. The molecule has 3 rings (SSSR count). The van der Waals surface area contributed by atoms with Crippen molar-refractivity contribution in [2.45, 2.75) is 0 Å². The lowest BCUT2D eigenvalue weighted by Crippen LogP contribution is -1.91. The van der Waals surface area contributed by atoms with E-state index >= 15 is 0 Å². The van der Waals surface area contributed by atoms with Gasteiger partial charge in [-0.25, -0.2) is 9.59 Å². The molecule has 3 aromatic rings. The number of aromatic nitrogens is 4. The van der Waals surface area contributed by atoms with E-state index in [9.17, 15) is 9.59 Å². The largest absolute Gasteiger partial charge is 0.478 e. The number of hydrogen-bond acceptors (Lipinski definition) is 7. The predicted octanol–water partition coefficient (Wildman–Crippen LogP) is 1.91. The lowest BCUT2D eigenvalue weighted by atomic mass is 10.3. The first kappa shape index (κ1) is 17.5. The van der Waals surface area contributed by atoms with Gasteiger partial charge in [0.05, 0.1) is 11.1 Å². The highest BCUT2D eigenvalue weighted by molar-refractivity contribution is 5.89. The molecule has 0 aromatic carbocycles. The van der Waals surface area contributed by atoms with E-state index in [-0.39, 0.29) is 0 Å². The van der Waals surface area contributed by atoms with E-state index in [2.05, 4.69) is 20.2 Å². The monoisotopic (exact) mass is 340 g/mol. The molecule has 0 radical (unpaired) electrons. The molecule has 0 unspecified atom stereocenters. The molecule has 0 aliphatic heterocycles. The summed E-state index contributed by atoms with van der Waals surface area (Å²) in [6, 6.07) is 7.38. The first-order valence-corrected chi connectivity index (χ1v) is 6.84. The molecule has 0 saturated carbocycles. The van der Waals surface area contributed by atoms with Crippen molar-refractivity contribution >= 4 is 11.9 Å². The third-order valence-electron chi connectivity index (χ3n) is 2.61. The van der Waals surface area contributed by atoms with Gasteiger partial charge in [0, 0.05) is 36.9 Å². The van der Waals surface area contributed by atoms with Gasteiger partial charge in [0.15, 0.2) is 0 Å². The number of carboxylic acid groups (broad SMARTS) is 2. The van der Waals surface area contributed by atoms with Crippen LogP contribution in [0.1, 0.15) is 0 Å². The fourth-order valence-electron chi connectivity index (χ4n) is 1.58. The van der Waals surface area contributed by atoms with Crippen LogP contribution in [0.4, 0.5) is 0 Å². The maximum atomic E-state index is 9.55. The van der Waals surface area contributed by atoms with Crippen molar-refractivity contribution in [3.05, 3.63) is 61.2 Å². The van der Waals surface area contributed by atoms with Gasteiger partial charge in [-0.2, -0.15) is 0 Å². The van der Waals surface area contributed by atoms with Crippen LogP contribution in [-0.2, 0) is 9.59 Å². The highest BCUT2D eigenvalue weighted by Crippen LogP contribution is 2.22. The van der Waals surface area contributed by atoms with E-state index in [0.717, 1.165) is 11.1 Å². The molecule has 3 aromatic heterocycles. The Labute approximate surface area is 141 Å². The molecular weight excluding hydrogens is 328 g/mol. The van der Waals surface area contributed by atoms with Crippen molar-refractivity contribution in [1.82, 2.24) is 20.2 Å². The van der Waals surface area contributed by atoms with E-state index < -0.39 is 11.9 Å². The molecule has 0 atom stereocenters. The first-order chi connectivity index (χ1) is 12.1. The zero-order chi connectivity index (χ0) is 18.1. The average Bonchev–Trinajstić information content (AvgIpc) is 3.12. The highest BCUT2D eigenvalue weighted by Gasteiger charge is 2.09. The van der Waals surface area contributed by atoms with Crippen LogP contribution in [0.15, 0.2) is 65.6 Å². The van der Waals surface area contributed by atoms with Gasteiger partial charge >= 0.3 is 11.9 Å². The smallest absolute Gasteiger partial charge is 0.328 e. The van der Waals surface area contributed by atoms with Gasteiger partial charge in [0.25, 0.3) is 0 Å². The van der Waals surface area contributed by atoms with Crippen molar-refractivity contribution in [1.29, 1.82) is 0 Å². The van der Waals surface area contributed by atoms with Gasteiger partial charge in [-0.3, -0.25) is 9.97 Å². The van der Waals surface area contributed by atoms with Crippen molar-refractivity contribution in [3.8, 4) is 22.9 Å². The standard InChI is InChI=1S/C12H8N4O.C4H4O4/c1-3-9(7-13-5-1)11-15-16-12(17-11)10-4-2-6-14-8-10;5-3(6)1-2-4(7)8/h1-8H;1-2H,(H,5,6)(H,7,8). The molecule has 0 aliphatic rings. The second-order valence-electron chi connectivity index (χ2n) is 4.41. The predicted molar refractivity (Wildman–Crippen MR) is 85.2 cm³/mol. The van der Waals surface area contributed by atoms with E-state index in [1.54, 1.807) is 24.8 Å². The van der Waals surface area contributed by atoms with Crippen molar-refractivity contribution in [2.75, 3.05) is 0 Å². The van der Waals surface area contributed by atoms with Crippen LogP contribution in [0.3, 0.4) is 0 Å². The molecule has 0 fully saturated rings. The molecule has 0 aliphatic carbocycles. The topological polar surface area (TPSA) is 139 Å². The third kappa shape index (κ3) is 5.67. The average molecular weight is 340 g/mol. The summed E-state index contributed by atoms with van der Waals surface area (Å²) in [5.41, 5.74) is 1.60.